The Hall–Kier alpha value is -0.220. The summed E-state index contributed by atoms with van der Waals surface area (Å²) in [5, 5.41) is 8.91. The number of carbonyl (C=O) groups is 1. The first kappa shape index (κ1) is 12.2. The van der Waals surface area contributed by atoms with Gasteiger partial charge in [-0.25, -0.2) is 0 Å². The Balaban J connectivity index is 1.85. The molecule has 2 atom stereocenters. The van der Waals surface area contributed by atoms with Crippen molar-refractivity contribution in [2.45, 2.75) is 38.1 Å². The topological polar surface area (TPSA) is 40.5 Å². The van der Waals surface area contributed by atoms with Crippen LogP contribution in [0.1, 0.15) is 32.1 Å². The summed E-state index contributed by atoms with van der Waals surface area (Å²) >= 11 is 2.04. The van der Waals surface area contributed by atoms with E-state index in [4.69, 9.17) is 5.11 Å². The molecule has 1 N–H and O–H groups in total. The van der Waals surface area contributed by atoms with Crippen LogP contribution in [0.2, 0.25) is 0 Å². The number of rotatable bonds is 4. The highest BCUT2D eigenvalue weighted by Crippen LogP contribution is 2.27. The molecule has 3 nitrogen and oxygen atoms in total. The molecule has 0 amide bonds. The third-order valence-electron chi connectivity index (χ3n) is 3.68. The van der Waals surface area contributed by atoms with E-state index >= 15 is 0 Å². The van der Waals surface area contributed by atoms with Crippen molar-refractivity contribution in [3.63, 3.8) is 0 Å². The van der Waals surface area contributed by atoms with Crippen LogP contribution in [0.25, 0.3) is 0 Å². The highest BCUT2D eigenvalue weighted by molar-refractivity contribution is 7.99. The van der Waals surface area contributed by atoms with Gasteiger partial charge in [-0.3, -0.25) is 9.69 Å². The predicted octanol–water partition coefficient (Wildman–Crippen LogP) is 2.07. The van der Waals surface area contributed by atoms with E-state index in [1.165, 1.54) is 30.8 Å². The van der Waals surface area contributed by atoms with Gasteiger partial charge in [-0.1, -0.05) is 6.42 Å². The van der Waals surface area contributed by atoms with Crippen LogP contribution in [0.5, 0.6) is 0 Å². The van der Waals surface area contributed by atoms with E-state index < -0.39 is 5.97 Å². The van der Waals surface area contributed by atoms with Crippen molar-refractivity contribution in [1.29, 1.82) is 0 Å². The van der Waals surface area contributed by atoms with Gasteiger partial charge in [-0.2, -0.15) is 11.8 Å². The van der Waals surface area contributed by atoms with Gasteiger partial charge < -0.3 is 5.11 Å². The van der Waals surface area contributed by atoms with Gasteiger partial charge in [0.15, 0.2) is 0 Å². The number of carboxylic acid groups (broad SMARTS) is 1. The summed E-state index contributed by atoms with van der Waals surface area (Å²) in [5.74, 6) is 2.73. The second kappa shape index (κ2) is 5.92. The van der Waals surface area contributed by atoms with Crippen molar-refractivity contribution >= 4 is 17.7 Å². The second-order valence-electron chi connectivity index (χ2n) is 4.97. The van der Waals surface area contributed by atoms with E-state index in [1.54, 1.807) is 0 Å². The monoisotopic (exact) mass is 243 g/mol. The summed E-state index contributed by atoms with van der Waals surface area (Å²) < 4.78 is 0. The van der Waals surface area contributed by atoms with Gasteiger partial charge in [0.1, 0.15) is 0 Å². The van der Waals surface area contributed by atoms with E-state index in [9.17, 15) is 4.79 Å². The zero-order chi connectivity index (χ0) is 11.4. The van der Waals surface area contributed by atoms with E-state index in [0.717, 1.165) is 25.4 Å². The minimum atomic E-state index is -0.641. The van der Waals surface area contributed by atoms with Crippen molar-refractivity contribution < 1.29 is 9.90 Å². The molecule has 4 heteroatoms. The quantitative estimate of drug-likeness (QED) is 0.820. The maximum atomic E-state index is 10.8. The molecule has 2 heterocycles. The number of thioether (sulfide) groups is 1. The van der Waals surface area contributed by atoms with Crippen LogP contribution in [0.3, 0.4) is 0 Å². The SMILES string of the molecule is O=C(O)CC1CCCCN1CC1CCSC1. The summed E-state index contributed by atoms with van der Waals surface area (Å²) in [7, 11) is 0. The molecule has 0 spiro atoms. The number of aliphatic carboxylic acids is 1. The lowest BCUT2D eigenvalue weighted by molar-refractivity contribution is -0.138. The summed E-state index contributed by atoms with van der Waals surface area (Å²) in [5.41, 5.74) is 0. The minimum Gasteiger partial charge on any atom is -0.481 e. The van der Waals surface area contributed by atoms with Crippen molar-refractivity contribution in [2.24, 2.45) is 5.92 Å². The van der Waals surface area contributed by atoms with E-state index in [0.29, 0.717) is 12.5 Å². The first-order chi connectivity index (χ1) is 7.75. The van der Waals surface area contributed by atoms with Gasteiger partial charge in [0, 0.05) is 12.6 Å². The highest BCUT2D eigenvalue weighted by Gasteiger charge is 2.27. The zero-order valence-electron chi connectivity index (χ0n) is 9.73. The lowest BCUT2D eigenvalue weighted by Gasteiger charge is -2.36. The van der Waals surface area contributed by atoms with E-state index in [1.807, 2.05) is 11.8 Å². The summed E-state index contributed by atoms with van der Waals surface area (Å²) in [6.07, 6.45) is 5.18. The Kier molecular flexibility index (Phi) is 4.53. The average molecular weight is 243 g/mol. The molecule has 2 aliphatic rings. The molecule has 0 radical (unpaired) electrons. The van der Waals surface area contributed by atoms with Crippen LogP contribution in [0.15, 0.2) is 0 Å². The maximum Gasteiger partial charge on any atom is 0.304 e. The van der Waals surface area contributed by atoms with Crippen molar-refractivity contribution in [1.82, 2.24) is 4.90 Å². The van der Waals surface area contributed by atoms with Crippen LogP contribution in [-0.4, -0.2) is 46.6 Å². The Morgan fingerprint density at radius 1 is 1.38 bits per heavy atom. The molecule has 0 saturated carbocycles. The first-order valence-corrected chi connectivity index (χ1v) is 7.45. The van der Waals surface area contributed by atoms with Crippen molar-refractivity contribution in [3.8, 4) is 0 Å². The van der Waals surface area contributed by atoms with Crippen LogP contribution >= 0.6 is 11.8 Å². The fourth-order valence-corrected chi connectivity index (χ4v) is 4.06. The summed E-state index contributed by atoms with van der Waals surface area (Å²) in [4.78, 5) is 13.3. The first-order valence-electron chi connectivity index (χ1n) is 6.29. The smallest absolute Gasteiger partial charge is 0.304 e. The Morgan fingerprint density at radius 3 is 2.94 bits per heavy atom. The van der Waals surface area contributed by atoms with Crippen LogP contribution in [0, 0.1) is 5.92 Å². The third-order valence-corrected chi connectivity index (χ3v) is 4.91. The van der Waals surface area contributed by atoms with Crippen LogP contribution in [0.4, 0.5) is 0 Å². The summed E-state index contributed by atoms with van der Waals surface area (Å²) in [6, 6.07) is 0.303. The lowest BCUT2D eigenvalue weighted by atomic mass is 9.97. The predicted molar refractivity (Wildman–Crippen MR) is 66.9 cm³/mol. The molecule has 2 fully saturated rings. The van der Waals surface area contributed by atoms with Gasteiger partial charge in [-0.15, -0.1) is 0 Å². The van der Waals surface area contributed by atoms with Gasteiger partial charge >= 0.3 is 5.97 Å². The molecule has 2 saturated heterocycles. The van der Waals surface area contributed by atoms with E-state index in [2.05, 4.69) is 4.90 Å². The number of nitrogens with zero attached hydrogens (tertiary/aromatic N) is 1. The molecular weight excluding hydrogens is 222 g/mol. The normalized spacial score (nSPS) is 31.8. The molecule has 0 aliphatic carbocycles. The largest absolute Gasteiger partial charge is 0.481 e. The van der Waals surface area contributed by atoms with Crippen molar-refractivity contribution in [3.05, 3.63) is 0 Å². The Labute approximate surface area is 102 Å². The number of hydrogen-bond donors (Lipinski definition) is 1. The molecule has 2 aliphatic heterocycles. The molecule has 2 rings (SSSR count). The van der Waals surface area contributed by atoms with E-state index in [-0.39, 0.29) is 0 Å². The molecule has 0 aromatic heterocycles. The fourth-order valence-electron chi connectivity index (χ4n) is 2.79. The number of likely N-dealkylation sites (tertiary alicyclic amines) is 1. The number of piperidine rings is 1. The third kappa shape index (κ3) is 3.39. The van der Waals surface area contributed by atoms with Gasteiger partial charge in [0.25, 0.3) is 0 Å². The van der Waals surface area contributed by atoms with Gasteiger partial charge in [0.2, 0.25) is 0 Å². The average Bonchev–Trinajstić information content (AvgIpc) is 2.73. The fraction of sp³-hybridized carbons (Fsp3) is 0.917. The number of hydrogen-bond acceptors (Lipinski definition) is 3. The van der Waals surface area contributed by atoms with Gasteiger partial charge in [-0.05, 0) is 43.2 Å². The molecular formula is C12H21NO2S. The van der Waals surface area contributed by atoms with Crippen LogP contribution in [-0.2, 0) is 4.79 Å². The summed E-state index contributed by atoms with van der Waals surface area (Å²) in [6.45, 7) is 2.24. The van der Waals surface area contributed by atoms with Crippen molar-refractivity contribution in [2.75, 3.05) is 24.6 Å². The Bertz CT molecular complexity index is 241. The Morgan fingerprint density at radius 2 is 2.25 bits per heavy atom. The molecule has 2 unspecified atom stereocenters. The molecule has 0 bridgehead atoms. The lowest BCUT2D eigenvalue weighted by Crippen LogP contribution is -2.43. The molecule has 16 heavy (non-hydrogen) atoms. The zero-order valence-corrected chi connectivity index (χ0v) is 10.5. The maximum absolute atomic E-state index is 10.8. The molecule has 0 aromatic rings. The molecule has 0 aromatic carbocycles. The second-order valence-corrected chi connectivity index (χ2v) is 6.12. The standard InChI is InChI=1S/C12H21NO2S/c14-12(15)7-11-3-1-2-5-13(11)8-10-4-6-16-9-10/h10-11H,1-9H2,(H,14,15). The number of carboxylic acids is 1. The van der Waals surface area contributed by atoms with Gasteiger partial charge in [0.05, 0.1) is 6.42 Å². The van der Waals surface area contributed by atoms with Crippen LogP contribution < -0.4 is 0 Å². The minimum absolute atomic E-state index is 0.303. The molecule has 92 valence electrons. The highest BCUT2D eigenvalue weighted by atomic mass is 32.2.